The molecule has 2 bridgehead atoms. The molecule has 7 rings (SSSR count). The Morgan fingerprint density at radius 3 is 2.00 bits per heavy atom. The van der Waals surface area contributed by atoms with Crippen LogP contribution in [0.5, 0.6) is 0 Å². The van der Waals surface area contributed by atoms with Gasteiger partial charge >= 0.3 is 4.84 Å². The third-order valence-electron chi connectivity index (χ3n) is 6.62. The number of rotatable bonds is 0. The molecule has 0 saturated heterocycles. The Balaban J connectivity index is 1.73. The maximum absolute atomic E-state index is 5.15. The van der Waals surface area contributed by atoms with Crippen molar-refractivity contribution in [1.29, 1.82) is 0 Å². The number of hydrogen-bond acceptors (Lipinski definition) is 3. The van der Waals surface area contributed by atoms with Crippen molar-refractivity contribution in [3.63, 3.8) is 0 Å². The molecule has 2 aliphatic rings. The minimum Gasteiger partial charge on any atom is -0.344 e. The SMILES string of the molecule is C=c1c2ccccc2c2n1B(I)n1c(C)c3ccccc3c1N=C1N=C(N=2)c2ccccc21. The van der Waals surface area contributed by atoms with Gasteiger partial charge < -0.3 is 8.96 Å². The molecule has 5 nitrogen and oxygen atoms in total. The Kier molecular flexibility index (Phi) is 3.91. The number of aromatic nitrogens is 2. The minimum atomic E-state index is -0.103. The first-order valence-electron chi connectivity index (χ1n) is 10.8. The van der Waals surface area contributed by atoms with Crippen LogP contribution in [0, 0.1) is 6.92 Å². The van der Waals surface area contributed by atoms with E-state index in [-0.39, 0.29) is 4.84 Å². The second-order valence-corrected chi connectivity index (χ2v) is 9.46. The number of nitrogens with zero attached hydrogens (tertiary/aromatic N) is 5. The van der Waals surface area contributed by atoms with Gasteiger partial charge in [0.1, 0.15) is 11.3 Å². The molecule has 2 aliphatic heterocycles. The second-order valence-electron chi connectivity index (χ2n) is 8.35. The summed E-state index contributed by atoms with van der Waals surface area (Å²) in [6, 6.07) is 25.0. The monoisotopic (exact) mass is 537 g/mol. The zero-order valence-corrected chi connectivity index (χ0v) is 20.0. The molecule has 0 fully saturated rings. The summed E-state index contributed by atoms with van der Waals surface area (Å²) in [7, 11) is 0. The number of aliphatic imine (C=N–C) groups is 2. The molecule has 0 radical (unpaired) electrons. The molecule has 5 aromatic rings. The molecule has 0 amide bonds. The van der Waals surface area contributed by atoms with Crippen LogP contribution in [0.25, 0.3) is 28.1 Å². The van der Waals surface area contributed by atoms with Gasteiger partial charge in [0.25, 0.3) is 0 Å². The average molecular weight is 537 g/mol. The fourth-order valence-corrected chi connectivity index (χ4v) is 6.31. The van der Waals surface area contributed by atoms with E-state index in [2.05, 4.69) is 105 Å². The lowest BCUT2D eigenvalue weighted by Gasteiger charge is -2.16. The van der Waals surface area contributed by atoms with Gasteiger partial charge in [-0.15, -0.1) is 0 Å². The molecule has 0 aliphatic carbocycles. The average Bonchev–Trinajstić information content (AvgIpc) is 3.43. The van der Waals surface area contributed by atoms with Crippen molar-refractivity contribution in [3.8, 4) is 0 Å². The van der Waals surface area contributed by atoms with Crippen molar-refractivity contribution in [3.05, 3.63) is 100 Å². The number of halogens is 1. The summed E-state index contributed by atoms with van der Waals surface area (Å²) in [5.41, 5.74) is 4.04. The Bertz CT molecular complexity index is 1830. The largest absolute Gasteiger partial charge is 0.461 e. The lowest BCUT2D eigenvalue weighted by atomic mass is 10.1. The summed E-state index contributed by atoms with van der Waals surface area (Å²) >= 11 is 2.48. The van der Waals surface area contributed by atoms with Crippen molar-refractivity contribution in [1.82, 2.24) is 8.96 Å². The van der Waals surface area contributed by atoms with Crippen molar-refractivity contribution < 1.29 is 0 Å². The maximum atomic E-state index is 5.15. The predicted molar refractivity (Wildman–Crippen MR) is 145 cm³/mol. The van der Waals surface area contributed by atoms with E-state index in [0.29, 0.717) is 11.7 Å². The van der Waals surface area contributed by atoms with Crippen LogP contribution in [-0.4, -0.2) is 25.5 Å². The topological polar surface area (TPSA) is 46.9 Å². The molecule has 0 atom stereocenters. The lowest BCUT2D eigenvalue weighted by molar-refractivity contribution is 1.00. The molecular formula is C26H17BIN5. The molecule has 4 heterocycles. The molecule has 33 heavy (non-hydrogen) atoms. The maximum Gasteiger partial charge on any atom is 0.461 e. The summed E-state index contributed by atoms with van der Waals surface area (Å²) in [6.07, 6.45) is 0. The van der Waals surface area contributed by atoms with Gasteiger partial charge in [-0.05, 0) is 6.92 Å². The summed E-state index contributed by atoms with van der Waals surface area (Å²) in [6.45, 7) is 6.63. The fourth-order valence-electron chi connectivity index (χ4n) is 5.03. The van der Waals surface area contributed by atoms with E-state index in [1.165, 1.54) is 5.39 Å². The highest BCUT2D eigenvalue weighted by Gasteiger charge is 2.30. The highest BCUT2D eigenvalue weighted by atomic mass is 127. The van der Waals surface area contributed by atoms with E-state index in [1.807, 2.05) is 12.1 Å². The molecule has 0 unspecified atom stereocenters. The third-order valence-corrected chi connectivity index (χ3v) is 7.73. The van der Waals surface area contributed by atoms with Gasteiger partial charge in [-0.3, -0.25) is 0 Å². The first kappa shape index (κ1) is 19.1. The zero-order chi connectivity index (χ0) is 22.3. The van der Waals surface area contributed by atoms with Crippen molar-refractivity contribution in [2.45, 2.75) is 6.92 Å². The van der Waals surface area contributed by atoms with Gasteiger partial charge in [0.15, 0.2) is 11.7 Å². The zero-order valence-electron chi connectivity index (χ0n) is 17.8. The van der Waals surface area contributed by atoms with Crippen LogP contribution in [0.4, 0.5) is 5.82 Å². The highest BCUT2D eigenvalue weighted by Crippen LogP contribution is 2.35. The number of hydrogen-bond donors (Lipinski definition) is 0. The summed E-state index contributed by atoms with van der Waals surface area (Å²) in [5.74, 6) is 2.30. The van der Waals surface area contributed by atoms with Gasteiger partial charge in [0, 0.05) is 43.7 Å². The number of fused-ring (bicyclic) bond motifs is 10. The van der Waals surface area contributed by atoms with E-state index >= 15 is 0 Å². The van der Waals surface area contributed by atoms with E-state index in [1.54, 1.807) is 0 Å². The smallest absolute Gasteiger partial charge is 0.344 e. The lowest BCUT2D eigenvalue weighted by Crippen LogP contribution is -2.42. The molecule has 7 heteroatoms. The third kappa shape index (κ3) is 2.51. The van der Waals surface area contributed by atoms with Gasteiger partial charge in [-0.25, -0.2) is 15.0 Å². The summed E-state index contributed by atoms with van der Waals surface area (Å²) in [5, 5.41) is 5.41. The van der Waals surface area contributed by atoms with Gasteiger partial charge in [-0.1, -0.05) is 102 Å². The van der Waals surface area contributed by atoms with Crippen molar-refractivity contribution in [2.75, 3.05) is 0 Å². The van der Waals surface area contributed by atoms with Gasteiger partial charge in [0.2, 0.25) is 0 Å². The van der Waals surface area contributed by atoms with E-state index in [4.69, 9.17) is 15.0 Å². The second kappa shape index (κ2) is 6.77. The first-order chi connectivity index (χ1) is 16.1. The van der Waals surface area contributed by atoms with Crippen LogP contribution in [0.1, 0.15) is 16.8 Å². The first-order valence-corrected chi connectivity index (χ1v) is 12.1. The standard InChI is InChI=1S/C26H17BIN5/c1-15-17-9-3-7-13-21(17)25-30-23-19-11-5-6-12-20(19)24(29-23)31-26-22-14-8-4-10-18(22)16(2)33(26)27(28)32(15)25/h3-14H,1H2,2H3. The number of benzene rings is 3. The molecule has 0 N–H and O–H groups in total. The van der Waals surface area contributed by atoms with E-state index in [0.717, 1.165) is 49.6 Å². The molecule has 2 aromatic heterocycles. The van der Waals surface area contributed by atoms with Crippen molar-refractivity contribution >= 4 is 72.8 Å². The van der Waals surface area contributed by atoms with Crippen LogP contribution in [0.15, 0.2) is 87.8 Å². The number of aryl methyl sites for hydroxylation is 1. The Morgan fingerprint density at radius 2 is 1.27 bits per heavy atom. The van der Waals surface area contributed by atoms with Crippen LogP contribution >= 0.6 is 22.4 Å². The molecule has 0 spiro atoms. The summed E-state index contributed by atoms with van der Waals surface area (Å²) < 4.78 is 4.50. The molecule has 0 saturated carbocycles. The fraction of sp³-hybridized carbons (Fsp3) is 0.0385. The minimum absolute atomic E-state index is 0.103. The Morgan fingerprint density at radius 1 is 0.697 bits per heavy atom. The quantitative estimate of drug-likeness (QED) is 0.205. The van der Waals surface area contributed by atoms with E-state index < -0.39 is 0 Å². The normalized spacial score (nSPS) is 14.4. The molecule has 156 valence electrons. The van der Waals surface area contributed by atoms with Crippen molar-refractivity contribution in [2.24, 2.45) is 15.0 Å². The number of amidine groups is 2. The molecular weight excluding hydrogens is 520 g/mol. The highest BCUT2D eigenvalue weighted by molar-refractivity contribution is 14.1. The van der Waals surface area contributed by atoms with Gasteiger partial charge in [0.05, 0.1) is 0 Å². The van der Waals surface area contributed by atoms with Crippen LogP contribution in [0.3, 0.4) is 0 Å². The van der Waals surface area contributed by atoms with Crippen LogP contribution in [0.2, 0.25) is 0 Å². The predicted octanol–water partition coefficient (Wildman–Crippen LogP) is 4.60. The van der Waals surface area contributed by atoms with Crippen LogP contribution < -0.4 is 10.8 Å². The van der Waals surface area contributed by atoms with E-state index in [9.17, 15) is 0 Å². The molecule has 3 aromatic carbocycles. The van der Waals surface area contributed by atoms with Gasteiger partial charge in [-0.2, -0.15) is 0 Å². The van der Waals surface area contributed by atoms with Crippen LogP contribution in [-0.2, 0) is 0 Å². The summed E-state index contributed by atoms with van der Waals surface area (Å²) in [4.78, 5) is 15.1. The Labute approximate surface area is 203 Å². The Hall–Kier alpha value is -3.46.